The minimum Gasteiger partial charge on any atom is -0.381 e. The second-order valence-corrected chi connectivity index (χ2v) is 4.31. The summed E-state index contributed by atoms with van der Waals surface area (Å²) in [7, 11) is 0. The van der Waals surface area contributed by atoms with E-state index in [0.29, 0.717) is 19.0 Å². The molecule has 1 saturated heterocycles. The molecule has 3 nitrogen and oxygen atoms in total. The molecule has 2 rings (SSSR count). The molecule has 0 saturated carbocycles. The van der Waals surface area contributed by atoms with Gasteiger partial charge in [0.15, 0.2) is 0 Å². The molecule has 92 valence electrons. The van der Waals surface area contributed by atoms with Crippen LogP contribution in [0, 0.1) is 5.92 Å². The van der Waals surface area contributed by atoms with Crippen LogP contribution in [-0.4, -0.2) is 37.3 Å². The van der Waals surface area contributed by atoms with E-state index in [1.165, 1.54) is 6.92 Å². The van der Waals surface area contributed by atoms with Crippen molar-refractivity contribution in [1.82, 2.24) is 5.32 Å². The molecule has 0 spiro atoms. The lowest BCUT2D eigenvalue weighted by molar-refractivity contribution is -0.153. The molecule has 1 N–H and O–H groups in total. The number of ether oxygens (including phenoxy) is 1. The van der Waals surface area contributed by atoms with Crippen LogP contribution in [-0.2, 0) is 4.74 Å². The highest BCUT2D eigenvalue weighted by Gasteiger charge is 2.47. The van der Waals surface area contributed by atoms with Crippen molar-refractivity contribution in [3.63, 3.8) is 0 Å². The minimum atomic E-state index is -4.23. The summed E-state index contributed by atoms with van der Waals surface area (Å²) in [6.45, 7) is 2.71. The van der Waals surface area contributed by atoms with E-state index < -0.39 is 18.3 Å². The fourth-order valence-corrected chi connectivity index (χ4v) is 2.16. The molecule has 0 bridgehead atoms. The van der Waals surface area contributed by atoms with Gasteiger partial charge in [0.1, 0.15) is 11.9 Å². The van der Waals surface area contributed by atoms with Gasteiger partial charge in [-0.25, -0.2) is 0 Å². The molecule has 2 aliphatic heterocycles. The molecule has 16 heavy (non-hydrogen) atoms. The average Bonchev–Trinajstić information content (AvgIpc) is 2.61. The van der Waals surface area contributed by atoms with Gasteiger partial charge in [0.2, 0.25) is 0 Å². The lowest BCUT2D eigenvalue weighted by Gasteiger charge is -2.24. The molecule has 6 heteroatoms. The molecule has 2 heterocycles. The van der Waals surface area contributed by atoms with Crippen LogP contribution in [0.3, 0.4) is 0 Å². The minimum absolute atomic E-state index is 0.101. The number of nitrogens with zero attached hydrogens (tertiary/aromatic N) is 1. The Hall–Kier alpha value is -0.780. The van der Waals surface area contributed by atoms with E-state index in [0.717, 1.165) is 12.8 Å². The SMILES string of the molecule is CC1N=C(C2CCOCC2)NC1C(F)(F)F. The molecular formula is C10H15F3N2O. The van der Waals surface area contributed by atoms with Crippen LogP contribution in [0.1, 0.15) is 19.8 Å². The Kier molecular flexibility index (Phi) is 3.10. The van der Waals surface area contributed by atoms with Crippen LogP contribution in [0.25, 0.3) is 0 Å². The standard InChI is InChI=1S/C10H15F3N2O/c1-6-8(10(11,12)13)15-9(14-6)7-2-4-16-5-3-7/h6-8H,2-5H2,1H3,(H,14,15). The molecule has 2 aliphatic rings. The van der Waals surface area contributed by atoms with Crippen molar-refractivity contribution in [1.29, 1.82) is 0 Å². The van der Waals surface area contributed by atoms with Gasteiger partial charge in [-0.15, -0.1) is 0 Å². The number of halogens is 3. The molecule has 2 unspecified atom stereocenters. The first-order chi connectivity index (χ1) is 7.48. The summed E-state index contributed by atoms with van der Waals surface area (Å²) in [4.78, 5) is 4.09. The summed E-state index contributed by atoms with van der Waals surface area (Å²) >= 11 is 0. The predicted octanol–water partition coefficient (Wildman–Crippen LogP) is 1.73. The fraction of sp³-hybridized carbons (Fsp3) is 0.900. The Morgan fingerprint density at radius 3 is 2.44 bits per heavy atom. The van der Waals surface area contributed by atoms with Gasteiger partial charge in [-0.05, 0) is 19.8 Å². The highest BCUT2D eigenvalue weighted by Crippen LogP contribution is 2.29. The first-order valence-corrected chi connectivity index (χ1v) is 5.47. The Balaban J connectivity index is 2.01. The topological polar surface area (TPSA) is 33.6 Å². The Morgan fingerprint density at radius 1 is 1.31 bits per heavy atom. The first-order valence-electron chi connectivity index (χ1n) is 5.47. The van der Waals surface area contributed by atoms with Gasteiger partial charge >= 0.3 is 6.18 Å². The van der Waals surface area contributed by atoms with E-state index in [9.17, 15) is 13.2 Å². The lowest BCUT2D eigenvalue weighted by atomic mass is 9.99. The van der Waals surface area contributed by atoms with Gasteiger partial charge < -0.3 is 10.1 Å². The van der Waals surface area contributed by atoms with E-state index in [-0.39, 0.29) is 5.92 Å². The normalized spacial score (nSPS) is 32.4. The monoisotopic (exact) mass is 236 g/mol. The predicted molar refractivity (Wildman–Crippen MR) is 53.4 cm³/mol. The van der Waals surface area contributed by atoms with Crippen molar-refractivity contribution in [2.45, 2.75) is 38.0 Å². The maximum absolute atomic E-state index is 12.6. The fourth-order valence-electron chi connectivity index (χ4n) is 2.16. The van der Waals surface area contributed by atoms with Crippen molar-refractivity contribution in [2.24, 2.45) is 10.9 Å². The zero-order valence-corrected chi connectivity index (χ0v) is 9.05. The van der Waals surface area contributed by atoms with Gasteiger partial charge in [0, 0.05) is 19.1 Å². The molecule has 0 aromatic rings. The number of amidine groups is 1. The van der Waals surface area contributed by atoms with E-state index in [4.69, 9.17) is 4.74 Å². The largest absolute Gasteiger partial charge is 0.410 e. The van der Waals surface area contributed by atoms with Gasteiger partial charge in [0.25, 0.3) is 0 Å². The first kappa shape index (κ1) is 11.7. The summed E-state index contributed by atoms with van der Waals surface area (Å²) in [5.74, 6) is 0.613. The van der Waals surface area contributed by atoms with Crippen LogP contribution in [0.4, 0.5) is 13.2 Å². The zero-order valence-electron chi connectivity index (χ0n) is 9.05. The number of nitrogens with one attached hydrogen (secondary N) is 1. The third-order valence-corrected chi connectivity index (χ3v) is 3.09. The zero-order chi connectivity index (χ0) is 11.8. The molecule has 0 aromatic carbocycles. The lowest BCUT2D eigenvalue weighted by Crippen LogP contribution is -2.47. The second-order valence-electron chi connectivity index (χ2n) is 4.31. The Morgan fingerprint density at radius 2 is 1.94 bits per heavy atom. The van der Waals surface area contributed by atoms with Crippen molar-refractivity contribution < 1.29 is 17.9 Å². The summed E-state index contributed by atoms with van der Waals surface area (Å²) in [5, 5.41) is 2.52. The van der Waals surface area contributed by atoms with Gasteiger partial charge in [-0.3, -0.25) is 4.99 Å². The maximum atomic E-state index is 12.6. The van der Waals surface area contributed by atoms with Crippen LogP contribution in [0.2, 0.25) is 0 Å². The van der Waals surface area contributed by atoms with Crippen molar-refractivity contribution in [2.75, 3.05) is 13.2 Å². The Labute approximate surface area is 92.1 Å². The molecule has 0 radical (unpaired) electrons. The van der Waals surface area contributed by atoms with E-state index in [1.54, 1.807) is 0 Å². The molecule has 0 aliphatic carbocycles. The van der Waals surface area contributed by atoms with Crippen LogP contribution in [0.5, 0.6) is 0 Å². The molecule has 2 atom stereocenters. The smallest absolute Gasteiger partial charge is 0.381 e. The van der Waals surface area contributed by atoms with E-state index in [1.807, 2.05) is 0 Å². The van der Waals surface area contributed by atoms with Gasteiger partial charge in [-0.1, -0.05) is 0 Å². The summed E-state index contributed by atoms with van der Waals surface area (Å²) < 4.78 is 42.9. The number of alkyl halides is 3. The van der Waals surface area contributed by atoms with Crippen molar-refractivity contribution in [3.8, 4) is 0 Å². The van der Waals surface area contributed by atoms with Gasteiger partial charge in [-0.2, -0.15) is 13.2 Å². The van der Waals surface area contributed by atoms with Crippen LogP contribution < -0.4 is 5.32 Å². The number of hydrogen-bond acceptors (Lipinski definition) is 3. The molecule has 0 aromatic heterocycles. The highest BCUT2D eigenvalue weighted by molar-refractivity contribution is 5.87. The Bertz CT molecular complexity index is 284. The number of hydrogen-bond donors (Lipinski definition) is 1. The average molecular weight is 236 g/mol. The third kappa shape index (κ3) is 2.31. The van der Waals surface area contributed by atoms with Crippen LogP contribution >= 0.6 is 0 Å². The van der Waals surface area contributed by atoms with E-state index in [2.05, 4.69) is 10.3 Å². The van der Waals surface area contributed by atoms with Crippen LogP contribution in [0.15, 0.2) is 4.99 Å². The number of aliphatic imine (C=N–C) groups is 1. The van der Waals surface area contributed by atoms with Gasteiger partial charge in [0.05, 0.1) is 6.04 Å². The maximum Gasteiger partial charge on any atom is 0.410 e. The summed E-state index contributed by atoms with van der Waals surface area (Å²) in [5.41, 5.74) is 0. The highest BCUT2D eigenvalue weighted by atomic mass is 19.4. The molecule has 1 fully saturated rings. The quantitative estimate of drug-likeness (QED) is 0.752. The summed E-state index contributed by atoms with van der Waals surface area (Å²) in [6.07, 6.45) is -2.72. The molecule has 0 amide bonds. The van der Waals surface area contributed by atoms with Crippen molar-refractivity contribution >= 4 is 5.84 Å². The number of rotatable bonds is 1. The van der Waals surface area contributed by atoms with Crippen molar-refractivity contribution in [3.05, 3.63) is 0 Å². The summed E-state index contributed by atoms with van der Waals surface area (Å²) in [6, 6.07) is -2.25. The molecular weight excluding hydrogens is 221 g/mol. The van der Waals surface area contributed by atoms with E-state index >= 15 is 0 Å². The second kappa shape index (κ2) is 4.24. The third-order valence-electron chi connectivity index (χ3n) is 3.09.